The standard InChI is InChI=1S/C21H23N7O3/c1-12-3-4-17(13-6-18-16(24-8-13)10-25-27(18)2)28(11-12)21(31)20(30)26-15-5-14(19(22)29)7-23-9-15/h5-10,12,17H,3-4,11H2,1-2H3,(H2,22,29)(H,26,30)/t12-,17+/m1/s1. The van der Waals surface area contributed by atoms with Gasteiger partial charge in [0.25, 0.3) is 0 Å². The molecule has 0 spiro atoms. The van der Waals surface area contributed by atoms with Gasteiger partial charge in [-0.25, -0.2) is 0 Å². The Morgan fingerprint density at radius 1 is 1.13 bits per heavy atom. The maximum absolute atomic E-state index is 13.1. The van der Waals surface area contributed by atoms with E-state index in [0.717, 1.165) is 29.4 Å². The predicted molar refractivity (Wildman–Crippen MR) is 113 cm³/mol. The zero-order chi connectivity index (χ0) is 22.1. The van der Waals surface area contributed by atoms with Crippen molar-refractivity contribution in [2.45, 2.75) is 25.8 Å². The fraction of sp³-hybridized carbons (Fsp3) is 0.333. The molecular formula is C21H23N7O3. The highest BCUT2D eigenvalue weighted by atomic mass is 16.2. The van der Waals surface area contributed by atoms with Crippen molar-refractivity contribution in [2.75, 3.05) is 11.9 Å². The van der Waals surface area contributed by atoms with Crippen molar-refractivity contribution in [3.05, 3.63) is 48.0 Å². The van der Waals surface area contributed by atoms with E-state index < -0.39 is 17.7 Å². The molecule has 0 unspecified atom stereocenters. The van der Waals surface area contributed by atoms with Crippen LogP contribution in [0.5, 0.6) is 0 Å². The van der Waals surface area contributed by atoms with Gasteiger partial charge in [0.2, 0.25) is 5.91 Å². The first kappa shape index (κ1) is 20.5. The number of fused-ring (bicyclic) bond motifs is 1. The molecule has 1 saturated heterocycles. The van der Waals surface area contributed by atoms with Crippen molar-refractivity contribution >= 4 is 34.4 Å². The molecule has 0 radical (unpaired) electrons. The highest BCUT2D eigenvalue weighted by molar-refractivity contribution is 6.39. The molecule has 1 aliphatic heterocycles. The van der Waals surface area contributed by atoms with Crippen molar-refractivity contribution in [2.24, 2.45) is 18.7 Å². The molecule has 2 atom stereocenters. The van der Waals surface area contributed by atoms with E-state index in [9.17, 15) is 14.4 Å². The first-order valence-corrected chi connectivity index (χ1v) is 9.98. The van der Waals surface area contributed by atoms with E-state index in [1.807, 2.05) is 13.1 Å². The van der Waals surface area contributed by atoms with Gasteiger partial charge in [0.15, 0.2) is 0 Å². The molecule has 3 aromatic heterocycles. The van der Waals surface area contributed by atoms with Gasteiger partial charge in [0.1, 0.15) is 5.52 Å². The van der Waals surface area contributed by atoms with Crippen LogP contribution >= 0.6 is 0 Å². The van der Waals surface area contributed by atoms with E-state index in [1.54, 1.807) is 22.0 Å². The number of pyridine rings is 2. The highest BCUT2D eigenvalue weighted by Crippen LogP contribution is 2.34. The van der Waals surface area contributed by atoms with Crippen LogP contribution in [-0.2, 0) is 16.6 Å². The summed E-state index contributed by atoms with van der Waals surface area (Å²) in [6.45, 7) is 2.51. The number of rotatable bonds is 3. The molecule has 31 heavy (non-hydrogen) atoms. The third-order valence-corrected chi connectivity index (χ3v) is 5.56. The molecule has 10 nitrogen and oxygen atoms in total. The van der Waals surface area contributed by atoms with E-state index in [-0.39, 0.29) is 23.2 Å². The maximum atomic E-state index is 13.1. The molecule has 160 valence electrons. The second-order valence-electron chi connectivity index (χ2n) is 7.88. The molecule has 3 N–H and O–H groups in total. The van der Waals surface area contributed by atoms with E-state index >= 15 is 0 Å². The summed E-state index contributed by atoms with van der Waals surface area (Å²) in [7, 11) is 1.83. The normalized spacial score (nSPS) is 18.7. The summed E-state index contributed by atoms with van der Waals surface area (Å²) in [5.74, 6) is -1.85. The number of carbonyl (C=O) groups excluding carboxylic acids is 3. The number of nitrogens with two attached hydrogens (primary N) is 1. The van der Waals surface area contributed by atoms with Crippen LogP contribution in [0, 0.1) is 5.92 Å². The predicted octanol–water partition coefficient (Wildman–Crippen LogP) is 1.40. The second-order valence-corrected chi connectivity index (χ2v) is 7.88. The Bertz CT molecular complexity index is 1170. The molecular weight excluding hydrogens is 398 g/mol. The van der Waals surface area contributed by atoms with Gasteiger partial charge in [-0.15, -0.1) is 0 Å². The molecule has 1 aliphatic rings. The number of primary amides is 1. The third kappa shape index (κ3) is 4.09. The topological polar surface area (TPSA) is 136 Å². The molecule has 3 aromatic rings. The second kappa shape index (κ2) is 8.13. The quantitative estimate of drug-likeness (QED) is 0.614. The molecule has 0 aliphatic carbocycles. The Morgan fingerprint density at radius 3 is 2.71 bits per heavy atom. The minimum Gasteiger partial charge on any atom is -0.366 e. The molecule has 0 bridgehead atoms. The summed E-state index contributed by atoms with van der Waals surface area (Å²) >= 11 is 0. The van der Waals surface area contributed by atoms with E-state index in [4.69, 9.17) is 5.73 Å². The van der Waals surface area contributed by atoms with Crippen molar-refractivity contribution in [3.63, 3.8) is 0 Å². The van der Waals surface area contributed by atoms with Crippen molar-refractivity contribution in [1.29, 1.82) is 0 Å². The first-order chi connectivity index (χ1) is 14.8. The largest absolute Gasteiger partial charge is 0.366 e. The number of carbonyl (C=O) groups is 3. The number of nitrogens with zero attached hydrogens (tertiary/aromatic N) is 5. The van der Waals surface area contributed by atoms with E-state index in [0.29, 0.717) is 6.54 Å². The van der Waals surface area contributed by atoms with Crippen LogP contribution in [-0.4, -0.2) is 48.9 Å². The number of nitrogens with one attached hydrogen (secondary N) is 1. The number of hydrogen-bond donors (Lipinski definition) is 2. The molecule has 0 aromatic carbocycles. The van der Waals surface area contributed by atoms with Gasteiger partial charge < -0.3 is 16.0 Å². The van der Waals surface area contributed by atoms with Crippen LogP contribution in [0.4, 0.5) is 5.69 Å². The molecule has 4 rings (SSSR count). The lowest BCUT2D eigenvalue weighted by Crippen LogP contribution is -2.46. The summed E-state index contributed by atoms with van der Waals surface area (Å²) in [5.41, 5.74) is 8.12. The number of aromatic nitrogens is 4. The Hall–Kier alpha value is -3.82. The van der Waals surface area contributed by atoms with Crippen LogP contribution in [0.2, 0.25) is 0 Å². The Labute approximate surface area is 178 Å². The van der Waals surface area contributed by atoms with Gasteiger partial charge in [0.05, 0.1) is 35.2 Å². The fourth-order valence-electron chi connectivity index (χ4n) is 3.91. The third-order valence-electron chi connectivity index (χ3n) is 5.56. The van der Waals surface area contributed by atoms with Crippen LogP contribution in [0.1, 0.15) is 41.7 Å². The summed E-state index contributed by atoms with van der Waals surface area (Å²) in [5, 5.41) is 6.74. The maximum Gasteiger partial charge on any atom is 0.313 e. The zero-order valence-corrected chi connectivity index (χ0v) is 17.3. The minimum absolute atomic E-state index is 0.144. The number of amides is 3. The number of hydrogen-bond acceptors (Lipinski definition) is 6. The van der Waals surface area contributed by atoms with Crippen molar-refractivity contribution in [3.8, 4) is 0 Å². The van der Waals surface area contributed by atoms with Gasteiger partial charge in [-0.2, -0.15) is 5.10 Å². The number of anilines is 1. The Morgan fingerprint density at radius 2 is 1.94 bits per heavy atom. The lowest BCUT2D eigenvalue weighted by molar-refractivity contribution is -0.146. The lowest BCUT2D eigenvalue weighted by atomic mass is 9.90. The van der Waals surface area contributed by atoms with Crippen LogP contribution in [0.3, 0.4) is 0 Å². The summed E-state index contributed by atoms with van der Waals surface area (Å²) in [6, 6.07) is 3.09. The molecule has 4 heterocycles. The summed E-state index contributed by atoms with van der Waals surface area (Å²) < 4.78 is 1.73. The fourth-order valence-corrected chi connectivity index (χ4v) is 3.91. The van der Waals surface area contributed by atoms with Gasteiger partial charge >= 0.3 is 11.8 Å². The molecule has 0 saturated carbocycles. The Balaban J connectivity index is 1.58. The Kier molecular flexibility index (Phi) is 5.37. The van der Waals surface area contributed by atoms with Gasteiger partial charge in [-0.3, -0.25) is 29.0 Å². The van der Waals surface area contributed by atoms with Crippen molar-refractivity contribution in [1.82, 2.24) is 24.6 Å². The number of likely N-dealkylation sites (tertiary alicyclic amines) is 1. The monoisotopic (exact) mass is 421 g/mol. The number of aryl methyl sites for hydroxylation is 1. The van der Waals surface area contributed by atoms with Crippen LogP contribution < -0.4 is 11.1 Å². The summed E-state index contributed by atoms with van der Waals surface area (Å²) in [6.07, 6.45) is 7.74. The van der Waals surface area contributed by atoms with E-state index in [2.05, 4.69) is 27.3 Å². The van der Waals surface area contributed by atoms with Gasteiger partial charge in [-0.05, 0) is 36.5 Å². The first-order valence-electron chi connectivity index (χ1n) is 9.98. The SMILES string of the molecule is C[C@@H]1CC[C@@H](c2cnc3cnn(C)c3c2)N(C(=O)C(=O)Nc2cncc(C(N)=O)c2)C1. The smallest absolute Gasteiger partial charge is 0.313 e. The minimum atomic E-state index is -0.794. The number of piperidine rings is 1. The molecule has 10 heteroatoms. The highest BCUT2D eigenvalue weighted by Gasteiger charge is 2.34. The average molecular weight is 421 g/mol. The average Bonchev–Trinajstić information content (AvgIpc) is 3.13. The van der Waals surface area contributed by atoms with Crippen LogP contribution in [0.15, 0.2) is 36.9 Å². The van der Waals surface area contributed by atoms with Crippen LogP contribution in [0.25, 0.3) is 11.0 Å². The van der Waals surface area contributed by atoms with Crippen molar-refractivity contribution < 1.29 is 14.4 Å². The van der Waals surface area contributed by atoms with Gasteiger partial charge in [0, 0.05) is 26.0 Å². The van der Waals surface area contributed by atoms with Gasteiger partial charge in [-0.1, -0.05) is 6.92 Å². The lowest BCUT2D eigenvalue weighted by Gasteiger charge is -2.38. The molecule has 1 fully saturated rings. The van der Waals surface area contributed by atoms with E-state index in [1.165, 1.54) is 18.5 Å². The zero-order valence-electron chi connectivity index (χ0n) is 17.3. The molecule has 3 amide bonds. The summed E-state index contributed by atoms with van der Waals surface area (Å²) in [4.78, 5) is 47.1.